The largest absolute Gasteiger partial charge is 0.495 e. The summed E-state index contributed by atoms with van der Waals surface area (Å²) >= 11 is 0. The number of ether oxygens (including phenoxy) is 2. The van der Waals surface area contributed by atoms with E-state index < -0.39 is 22.1 Å². The Morgan fingerprint density at radius 3 is 2.59 bits per heavy atom. The summed E-state index contributed by atoms with van der Waals surface area (Å²) in [5, 5.41) is 5.17. The van der Waals surface area contributed by atoms with Crippen LogP contribution in [0.15, 0.2) is 47.4 Å². The number of hydrogen-bond donors (Lipinski definition) is 1. The number of methoxy groups -OCH3 is 1. The molecular weight excluding hydrogens is 396 g/mol. The van der Waals surface area contributed by atoms with E-state index in [1.165, 1.54) is 26.2 Å². The fourth-order valence-electron chi connectivity index (χ4n) is 3.29. The van der Waals surface area contributed by atoms with Crippen LogP contribution in [0.1, 0.15) is 29.3 Å². The summed E-state index contributed by atoms with van der Waals surface area (Å²) in [6.07, 6.45) is 0.657. The van der Waals surface area contributed by atoms with E-state index in [0.29, 0.717) is 6.54 Å². The lowest BCUT2D eigenvalue weighted by atomic mass is 10.0. The Bertz CT molecular complexity index is 1050. The maximum Gasteiger partial charge on any atom is 0.338 e. The van der Waals surface area contributed by atoms with Crippen LogP contribution in [0.4, 0.5) is 5.69 Å². The molecule has 0 bridgehead atoms. The van der Waals surface area contributed by atoms with E-state index >= 15 is 0 Å². The molecule has 0 fully saturated rings. The van der Waals surface area contributed by atoms with Gasteiger partial charge in [0.05, 0.1) is 12.7 Å². The molecule has 154 valence electrons. The molecule has 0 spiro atoms. The number of amides is 1. The minimum Gasteiger partial charge on any atom is -0.495 e. The number of aryl methyl sites for hydroxylation is 1. The topological polar surface area (TPSA) is 116 Å². The van der Waals surface area contributed by atoms with E-state index in [1.54, 1.807) is 4.90 Å². The minimum absolute atomic E-state index is 0.0121. The van der Waals surface area contributed by atoms with Gasteiger partial charge in [0, 0.05) is 12.2 Å². The van der Waals surface area contributed by atoms with Gasteiger partial charge in [-0.05, 0) is 49.6 Å². The third-order valence-corrected chi connectivity index (χ3v) is 5.65. The highest BCUT2D eigenvalue weighted by Crippen LogP contribution is 2.28. The van der Waals surface area contributed by atoms with E-state index in [4.69, 9.17) is 14.6 Å². The van der Waals surface area contributed by atoms with Crippen LogP contribution in [-0.2, 0) is 26.0 Å². The SMILES string of the molecule is COc1ccc(C(=O)OC(C)C(=O)N2CCCc3ccccc32)cc1S(N)(=O)=O. The van der Waals surface area contributed by atoms with Crippen molar-refractivity contribution in [1.82, 2.24) is 0 Å². The molecule has 0 aliphatic carbocycles. The molecule has 0 radical (unpaired) electrons. The zero-order chi connectivity index (χ0) is 21.2. The Labute approximate surface area is 169 Å². The normalized spacial score (nSPS) is 14.7. The second kappa shape index (κ2) is 8.22. The van der Waals surface area contributed by atoms with Crippen molar-refractivity contribution in [1.29, 1.82) is 0 Å². The number of esters is 1. The second-order valence-corrected chi connectivity index (χ2v) is 8.21. The molecular formula is C20H22N2O6S. The van der Waals surface area contributed by atoms with E-state index in [1.807, 2.05) is 24.3 Å². The summed E-state index contributed by atoms with van der Waals surface area (Å²) in [5.74, 6) is -1.16. The van der Waals surface area contributed by atoms with Crippen LogP contribution in [-0.4, -0.2) is 40.1 Å². The molecule has 0 saturated carbocycles. The number of benzene rings is 2. The quantitative estimate of drug-likeness (QED) is 0.741. The molecule has 2 N–H and O–H groups in total. The zero-order valence-corrected chi connectivity index (χ0v) is 16.9. The molecule has 1 atom stereocenters. The fraction of sp³-hybridized carbons (Fsp3) is 0.300. The molecule has 2 aromatic rings. The first-order valence-corrected chi connectivity index (χ1v) is 10.6. The average Bonchev–Trinajstić information content (AvgIpc) is 2.71. The van der Waals surface area contributed by atoms with Gasteiger partial charge in [-0.25, -0.2) is 18.4 Å². The highest BCUT2D eigenvalue weighted by atomic mass is 32.2. The number of fused-ring (bicyclic) bond motifs is 1. The van der Waals surface area contributed by atoms with Crippen molar-refractivity contribution < 1.29 is 27.5 Å². The number of anilines is 1. The van der Waals surface area contributed by atoms with Crippen LogP contribution < -0.4 is 14.8 Å². The first kappa shape index (κ1) is 20.8. The van der Waals surface area contributed by atoms with Crippen molar-refractivity contribution >= 4 is 27.6 Å². The molecule has 3 rings (SSSR count). The monoisotopic (exact) mass is 418 g/mol. The van der Waals surface area contributed by atoms with Gasteiger partial charge >= 0.3 is 5.97 Å². The van der Waals surface area contributed by atoms with Gasteiger partial charge in [0.15, 0.2) is 6.10 Å². The average molecular weight is 418 g/mol. The van der Waals surface area contributed by atoms with Crippen molar-refractivity contribution in [3.63, 3.8) is 0 Å². The summed E-state index contributed by atoms with van der Waals surface area (Å²) in [4.78, 5) is 26.6. The number of sulfonamides is 1. The number of carbonyl (C=O) groups is 2. The molecule has 29 heavy (non-hydrogen) atoms. The molecule has 1 amide bonds. The minimum atomic E-state index is -4.10. The highest BCUT2D eigenvalue weighted by molar-refractivity contribution is 7.89. The van der Waals surface area contributed by atoms with Crippen molar-refractivity contribution in [2.45, 2.75) is 30.8 Å². The summed E-state index contributed by atoms with van der Waals surface area (Å²) in [6.45, 7) is 2.03. The van der Waals surface area contributed by atoms with Gasteiger partial charge < -0.3 is 14.4 Å². The number of para-hydroxylation sites is 1. The summed E-state index contributed by atoms with van der Waals surface area (Å²) in [7, 11) is -2.81. The van der Waals surface area contributed by atoms with E-state index in [2.05, 4.69) is 0 Å². The highest BCUT2D eigenvalue weighted by Gasteiger charge is 2.29. The van der Waals surface area contributed by atoms with Crippen LogP contribution >= 0.6 is 0 Å². The fourth-order valence-corrected chi connectivity index (χ4v) is 4.01. The van der Waals surface area contributed by atoms with E-state index in [0.717, 1.165) is 30.2 Å². The molecule has 1 unspecified atom stereocenters. The number of carbonyl (C=O) groups excluding carboxylic acids is 2. The Morgan fingerprint density at radius 1 is 1.17 bits per heavy atom. The van der Waals surface area contributed by atoms with Crippen LogP contribution in [0, 0.1) is 0 Å². The molecule has 0 aromatic heterocycles. The number of rotatable bonds is 5. The van der Waals surface area contributed by atoms with E-state index in [9.17, 15) is 18.0 Å². The van der Waals surface area contributed by atoms with Gasteiger partial charge in [-0.15, -0.1) is 0 Å². The second-order valence-electron chi connectivity index (χ2n) is 6.68. The Morgan fingerprint density at radius 2 is 1.90 bits per heavy atom. The molecule has 1 heterocycles. The van der Waals surface area contributed by atoms with Gasteiger partial charge in [0.2, 0.25) is 10.0 Å². The van der Waals surface area contributed by atoms with Crippen molar-refractivity contribution in [3.05, 3.63) is 53.6 Å². The van der Waals surface area contributed by atoms with Gasteiger partial charge in [0.1, 0.15) is 10.6 Å². The molecule has 9 heteroatoms. The van der Waals surface area contributed by atoms with Gasteiger partial charge in [-0.1, -0.05) is 18.2 Å². The Balaban J connectivity index is 1.79. The first-order valence-electron chi connectivity index (χ1n) is 9.03. The standard InChI is InChI=1S/C20H22N2O6S/c1-13(19(23)22-11-5-7-14-6-3-4-8-16(14)22)28-20(24)15-9-10-17(27-2)18(12-15)29(21,25)26/h3-4,6,8-10,12-13H,5,7,11H2,1-2H3,(H2,21,25,26). The predicted molar refractivity (Wildman–Crippen MR) is 106 cm³/mol. The third kappa shape index (κ3) is 4.41. The van der Waals surface area contributed by atoms with Crippen molar-refractivity contribution in [2.75, 3.05) is 18.6 Å². The molecule has 8 nitrogen and oxygen atoms in total. The van der Waals surface area contributed by atoms with Gasteiger partial charge in [-0.3, -0.25) is 4.79 Å². The first-order chi connectivity index (χ1) is 13.7. The number of nitrogens with two attached hydrogens (primary N) is 1. The summed E-state index contributed by atoms with van der Waals surface area (Å²) in [6, 6.07) is 11.3. The Kier molecular flexibility index (Phi) is 5.90. The Hall–Kier alpha value is -2.91. The maximum atomic E-state index is 12.9. The predicted octanol–water partition coefficient (Wildman–Crippen LogP) is 1.87. The van der Waals surface area contributed by atoms with Crippen LogP contribution in [0.3, 0.4) is 0 Å². The third-order valence-electron chi connectivity index (χ3n) is 4.71. The lowest BCUT2D eigenvalue weighted by Crippen LogP contribution is -2.42. The van der Waals surface area contributed by atoms with E-state index in [-0.39, 0.29) is 22.1 Å². The maximum absolute atomic E-state index is 12.9. The molecule has 2 aromatic carbocycles. The lowest BCUT2D eigenvalue weighted by Gasteiger charge is -2.31. The van der Waals surface area contributed by atoms with Gasteiger partial charge in [0.25, 0.3) is 5.91 Å². The number of nitrogens with zero attached hydrogens (tertiary/aromatic N) is 1. The van der Waals surface area contributed by atoms with Crippen molar-refractivity contribution in [2.24, 2.45) is 5.14 Å². The molecule has 0 saturated heterocycles. The summed E-state index contributed by atoms with van der Waals surface area (Å²) in [5.41, 5.74) is 1.83. The number of primary sulfonamides is 1. The summed E-state index contributed by atoms with van der Waals surface area (Å²) < 4.78 is 33.7. The van der Waals surface area contributed by atoms with Crippen molar-refractivity contribution in [3.8, 4) is 5.75 Å². The van der Waals surface area contributed by atoms with Crippen LogP contribution in [0.2, 0.25) is 0 Å². The van der Waals surface area contributed by atoms with Crippen LogP contribution in [0.25, 0.3) is 0 Å². The number of hydrogen-bond acceptors (Lipinski definition) is 6. The van der Waals surface area contributed by atoms with Crippen LogP contribution in [0.5, 0.6) is 5.75 Å². The van der Waals surface area contributed by atoms with Gasteiger partial charge in [-0.2, -0.15) is 0 Å². The smallest absolute Gasteiger partial charge is 0.338 e. The molecule has 1 aliphatic heterocycles. The zero-order valence-electron chi connectivity index (χ0n) is 16.1. The lowest BCUT2D eigenvalue weighted by molar-refractivity contribution is -0.126. The molecule has 1 aliphatic rings.